The van der Waals surface area contributed by atoms with Gasteiger partial charge in [0, 0.05) is 50.2 Å². The van der Waals surface area contributed by atoms with Crippen LogP contribution in [0.2, 0.25) is 0 Å². The highest BCUT2D eigenvalue weighted by molar-refractivity contribution is 7.08. The van der Waals surface area contributed by atoms with Crippen molar-refractivity contribution in [2.24, 2.45) is 5.92 Å². The quantitative estimate of drug-likeness (QED) is 0.171. The van der Waals surface area contributed by atoms with Gasteiger partial charge in [-0.15, -0.1) is 0 Å². The molecule has 5 aromatic rings. The predicted octanol–water partition coefficient (Wildman–Crippen LogP) is 6.87. The smallest absolute Gasteiger partial charge is 0.261 e. The molecule has 3 aromatic carbocycles. The number of carbonyl (C=O) groups excluding carboxylic acids is 3. The fraction of sp³-hybridized carbons (Fsp3) is 0.308. The van der Waals surface area contributed by atoms with Crippen molar-refractivity contribution in [1.82, 2.24) is 19.3 Å². The minimum Gasteiger partial charge on any atom is -0.345 e. The van der Waals surface area contributed by atoms with E-state index in [1.807, 2.05) is 52.1 Å². The van der Waals surface area contributed by atoms with Crippen LogP contribution < -0.4 is 0 Å². The first kappa shape index (κ1) is 30.7. The molecule has 3 amide bonds. The van der Waals surface area contributed by atoms with Gasteiger partial charge in [0.1, 0.15) is 5.82 Å². The number of carbonyl (C=O) groups is 3. The number of fused-ring (bicyclic) bond motifs is 2. The molecule has 0 N–H and O–H groups in total. The normalized spacial score (nSPS) is 20.3. The molecule has 9 heteroatoms. The second-order valence-corrected chi connectivity index (χ2v) is 14.1. The van der Waals surface area contributed by atoms with Crippen molar-refractivity contribution in [3.05, 3.63) is 129 Å². The Bertz CT molecular complexity index is 1940. The molecule has 3 aliphatic rings. The molecule has 8 rings (SSSR count). The number of imide groups is 1. The SMILES string of the molecule is O=C(c1cccc2ccn(CCN3C(=O)c4ccccc4C3=O)c12)N1C[C@@H](CN2CCC(c3ccc(F)cc3)CC2)[C@H](c2ccsc2)C1. The first-order valence-corrected chi connectivity index (χ1v) is 17.7. The van der Waals surface area contributed by atoms with Gasteiger partial charge in [-0.25, -0.2) is 4.39 Å². The van der Waals surface area contributed by atoms with Crippen molar-refractivity contribution in [3.8, 4) is 0 Å². The summed E-state index contributed by atoms with van der Waals surface area (Å²) in [4.78, 5) is 46.2. The van der Waals surface area contributed by atoms with Gasteiger partial charge in [0.05, 0.1) is 22.2 Å². The molecule has 3 aliphatic heterocycles. The molecule has 2 fully saturated rings. The van der Waals surface area contributed by atoms with E-state index in [-0.39, 0.29) is 36.0 Å². The van der Waals surface area contributed by atoms with Crippen molar-refractivity contribution in [3.63, 3.8) is 0 Å². The highest BCUT2D eigenvalue weighted by Gasteiger charge is 2.39. The lowest BCUT2D eigenvalue weighted by Gasteiger charge is -2.34. The van der Waals surface area contributed by atoms with E-state index >= 15 is 0 Å². The zero-order valence-electron chi connectivity index (χ0n) is 26.6. The number of hydrogen-bond donors (Lipinski definition) is 0. The summed E-state index contributed by atoms with van der Waals surface area (Å²) in [6, 6.07) is 23.9. The van der Waals surface area contributed by atoms with Gasteiger partial charge in [-0.1, -0.05) is 36.4 Å². The number of benzene rings is 3. The Balaban J connectivity index is 0.981. The Morgan fingerprint density at radius 1 is 0.812 bits per heavy atom. The third-order valence-electron chi connectivity index (χ3n) is 10.6. The third-order valence-corrected chi connectivity index (χ3v) is 11.3. The summed E-state index contributed by atoms with van der Waals surface area (Å²) in [6.07, 6.45) is 4.03. The maximum Gasteiger partial charge on any atom is 0.261 e. The van der Waals surface area contributed by atoms with E-state index in [9.17, 15) is 18.8 Å². The third kappa shape index (κ3) is 5.65. The molecule has 7 nitrogen and oxygen atoms in total. The number of nitrogens with zero attached hydrogens (tertiary/aromatic N) is 4. The van der Waals surface area contributed by atoms with E-state index < -0.39 is 0 Å². The van der Waals surface area contributed by atoms with Crippen molar-refractivity contribution < 1.29 is 18.8 Å². The van der Waals surface area contributed by atoms with E-state index in [0.29, 0.717) is 48.2 Å². The minimum atomic E-state index is -0.273. The van der Waals surface area contributed by atoms with Crippen LogP contribution in [0.15, 0.2) is 95.8 Å². The summed E-state index contributed by atoms with van der Waals surface area (Å²) in [7, 11) is 0. The van der Waals surface area contributed by atoms with Gasteiger partial charge in [0.15, 0.2) is 0 Å². The van der Waals surface area contributed by atoms with Gasteiger partial charge < -0.3 is 14.4 Å². The van der Waals surface area contributed by atoms with Crippen LogP contribution in [0.4, 0.5) is 4.39 Å². The fourth-order valence-electron chi connectivity index (χ4n) is 8.04. The molecule has 2 atom stereocenters. The number of halogens is 1. The number of amides is 3. The van der Waals surface area contributed by atoms with Crippen molar-refractivity contribution in [1.29, 1.82) is 0 Å². The Labute approximate surface area is 283 Å². The number of hydrogen-bond acceptors (Lipinski definition) is 5. The zero-order valence-corrected chi connectivity index (χ0v) is 27.4. The summed E-state index contributed by atoms with van der Waals surface area (Å²) in [5.41, 5.74) is 4.87. The van der Waals surface area contributed by atoms with Crippen molar-refractivity contribution >= 4 is 40.0 Å². The summed E-state index contributed by atoms with van der Waals surface area (Å²) in [5, 5.41) is 5.29. The number of rotatable bonds is 8. The molecular weight excluding hydrogens is 624 g/mol. The molecular formula is C39H37FN4O3S. The number of thiophene rings is 1. The van der Waals surface area contributed by atoms with E-state index in [4.69, 9.17) is 0 Å². The van der Waals surface area contributed by atoms with E-state index in [2.05, 4.69) is 21.7 Å². The first-order valence-electron chi connectivity index (χ1n) is 16.8. The fourth-order valence-corrected chi connectivity index (χ4v) is 8.77. The topological polar surface area (TPSA) is 65.9 Å². The van der Waals surface area contributed by atoms with Crippen LogP contribution in [0.3, 0.4) is 0 Å². The van der Waals surface area contributed by atoms with E-state index in [0.717, 1.165) is 43.4 Å². The van der Waals surface area contributed by atoms with Crippen molar-refractivity contribution in [2.45, 2.75) is 31.2 Å². The maximum absolute atomic E-state index is 14.4. The van der Waals surface area contributed by atoms with Crippen molar-refractivity contribution in [2.75, 3.05) is 39.3 Å². The zero-order chi connectivity index (χ0) is 32.8. The Hall–Kier alpha value is -4.60. The van der Waals surface area contributed by atoms with Gasteiger partial charge in [-0.05, 0) is 102 Å². The molecule has 0 unspecified atom stereocenters. The molecule has 0 aliphatic carbocycles. The standard InChI is InChI=1S/C39H37FN4O3S/c40-31-10-8-26(9-11-31)27-12-16-41(17-13-27)22-30-23-43(24-35(30)29-15-21-48-25-29)37(45)34-7-3-4-28-14-18-42(36(28)34)19-20-44-38(46)32-5-1-2-6-33(32)39(44)47/h1-11,14-15,18,21,25,27,30,35H,12-13,16-17,19-20,22-24H2/t30-,35+/m1/s1. The molecule has 0 bridgehead atoms. The summed E-state index contributed by atoms with van der Waals surface area (Å²) in [5.74, 6) is 0.294. The van der Waals surface area contributed by atoms with Crippen LogP contribution in [0, 0.1) is 11.7 Å². The number of aromatic nitrogens is 1. The molecule has 5 heterocycles. The number of likely N-dealkylation sites (tertiary alicyclic amines) is 2. The molecule has 2 saturated heterocycles. The predicted molar refractivity (Wildman–Crippen MR) is 185 cm³/mol. The summed E-state index contributed by atoms with van der Waals surface area (Å²) in [6.45, 7) is 4.88. The summed E-state index contributed by atoms with van der Waals surface area (Å²) >= 11 is 1.70. The molecule has 0 saturated carbocycles. The second kappa shape index (κ2) is 12.8. The van der Waals surface area contributed by atoms with Gasteiger partial charge >= 0.3 is 0 Å². The highest BCUT2D eigenvalue weighted by atomic mass is 32.1. The van der Waals surface area contributed by atoms with Gasteiger partial charge in [0.25, 0.3) is 17.7 Å². The lowest BCUT2D eigenvalue weighted by Crippen LogP contribution is -2.38. The largest absolute Gasteiger partial charge is 0.345 e. The Morgan fingerprint density at radius 2 is 1.56 bits per heavy atom. The Kier molecular flexibility index (Phi) is 8.18. The van der Waals surface area contributed by atoms with Crippen LogP contribution >= 0.6 is 11.3 Å². The van der Waals surface area contributed by atoms with Crippen LogP contribution in [-0.4, -0.2) is 76.3 Å². The minimum absolute atomic E-state index is 0.0130. The molecule has 48 heavy (non-hydrogen) atoms. The average Bonchev–Trinajstić information content (AvgIpc) is 3.92. The van der Waals surface area contributed by atoms with Gasteiger partial charge in [-0.2, -0.15) is 11.3 Å². The first-order chi connectivity index (χ1) is 23.4. The number of piperidine rings is 1. The summed E-state index contributed by atoms with van der Waals surface area (Å²) < 4.78 is 15.5. The van der Waals surface area contributed by atoms with E-state index in [1.165, 1.54) is 16.0 Å². The molecule has 0 radical (unpaired) electrons. The average molecular weight is 661 g/mol. The lowest BCUT2D eigenvalue weighted by atomic mass is 9.87. The molecule has 0 spiro atoms. The van der Waals surface area contributed by atoms with Gasteiger partial charge in [-0.3, -0.25) is 19.3 Å². The maximum atomic E-state index is 14.4. The van der Waals surface area contributed by atoms with E-state index in [1.54, 1.807) is 47.7 Å². The monoisotopic (exact) mass is 660 g/mol. The lowest BCUT2D eigenvalue weighted by molar-refractivity contribution is 0.0648. The van der Waals surface area contributed by atoms with Crippen LogP contribution in [0.5, 0.6) is 0 Å². The molecule has 244 valence electrons. The molecule has 2 aromatic heterocycles. The van der Waals surface area contributed by atoms with Crippen LogP contribution in [0.1, 0.15) is 66.9 Å². The Morgan fingerprint density at radius 3 is 2.27 bits per heavy atom. The second-order valence-electron chi connectivity index (χ2n) is 13.3. The van der Waals surface area contributed by atoms with Crippen LogP contribution in [0.25, 0.3) is 10.9 Å². The number of para-hydroxylation sites is 1. The highest BCUT2D eigenvalue weighted by Crippen LogP contribution is 2.37. The van der Waals surface area contributed by atoms with Crippen LogP contribution in [-0.2, 0) is 6.54 Å². The van der Waals surface area contributed by atoms with Gasteiger partial charge in [0.2, 0.25) is 0 Å².